The monoisotopic (exact) mass is 358 g/mol. The summed E-state index contributed by atoms with van der Waals surface area (Å²) in [5.41, 5.74) is 3.23. The third-order valence-corrected chi connectivity index (χ3v) is 4.76. The lowest BCUT2D eigenvalue weighted by atomic mass is 10.1. The minimum atomic E-state index is -3.97. The van der Waals surface area contributed by atoms with Gasteiger partial charge >= 0.3 is 5.63 Å². The number of nitrogens with one attached hydrogen (secondary N) is 2. The lowest BCUT2D eigenvalue weighted by Gasteiger charge is -2.09. The van der Waals surface area contributed by atoms with Crippen LogP contribution in [0.3, 0.4) is 0 Å². The molecule has 3 rings (SSSR count). The zero-order chi connectivity index (χ0) is 18.0. The number of fused-ring (bicyclic) bond motifs is 1. The molecule has 7 nitrogen and oxygen atoms in total. The molecule has 0 aliphatic heterocycles. The Kier molecular flexibility index (Phi) is 4.39. The van der Waals surface area contributed by atoms with Crippen molar-refractivity contribution in [2.45, 2.75) is 11.8 Å². The van der Waals surface area contributed by atoms with Crippen LogP contribution in [-0.2, 0) is 10.0 Å². The Morgan fingerprint density at radius 3 is 2.44 bits per heavy atom. The minimum Gasteiger partial charge on any atom is -0.423 e. The topological polar surface area (TPSA) is 105 Å². The Balaban J connectivity index is 1.79. The quantitative estimate of drug-likeness (QED) is 0.546. The maximum Gasteiger partial charge on any atom is 0.336 e. The second kappa shape index (κ2) is 6.50. The van der Waals surface area contributed by atoms with E-state index in [-0.39, 0.29) is 10.5 Å². The van der Waals surface area contributed by atoms with Crippen LogP contribution in [0.4, 0.5) is 0 Å². The zero-order valence-corrected chi connectivity index (χ0v) is 14.0. The number of carbonyl (C=O) groups is 1. The van der Waals surface area contributed by atoms with Crippen molar-refractivity contribution in [2.24, 2.45) is 0 Å². The summed E-state index contributed by atoms with van der Waals surface area (Å²) < 4.78 is 29.6. The lowest BCUT2D eigenvalue weighted by molar-refractivity contribution is 0.0945. The largest absolute Gasteiger partial charge is 0.423 e. The maximum atomic E-state index is 12.3. The number of rotatable bonds is 4. The third kappa shape index (κ3) is 3.76. The normalized spacial score (nSPS) is 11.4. The highest BCUT2D eigenvalue weighted by atomic mass is 32.2. The summed E-state index contributed by atoms with van der Waals surface area (Å²) in [4.78, 5) is 25.1. The van der Waals surface area contributed by atoms with Crippen LogP contribution in [0.1, 0.15) is 15.9 Å². The van der Waals surface area contributed by atoms with Crippen molar-refractivity contribution in [3.63, 3.8) is 0 Å². The molecule has 0 spiro atoms. The van der Waals surface area contributed by atoms with Gasteiger partial charge in [0.15, 0.2) is 0 Å². The molecule has 2 N–H and O–H groups in total. The van der Waals surface area contributed by atoms with Gasteiger partial charge in [0.1, 0.15) is 5.58 Å². The molecule has 1 heterocycles. The van der Waals surface area contributed by atoms with E-state index in [0.29, 0.717) is 10.9 Å². The predicted molar refractivity (Wildman–Crippen MR) is 91.5 cm³/mol. The minimum absolute atomic E-state index is 0.0712. The van der Waals surface area contributed by atoms with Crippen molar-refractivity contribution in [2.75, 3.05) is 0 Å². The molecule has 0 saturated heterocycles. The van der Waals surface area contributed by atoms with Gasteiger partial charge in [0, 0.05) is 17.0 Å². The Morgan fingerprint density at radius 2 is 1.72 bits per heavy atom. The van der Waals surface area contributed by atoms with E-state index in [9.17, 15) is 18.0 Å². The molecule has 2 aromatic carbocycles. The predicted octanol–water partition coefficient (Wildman–Crippen LogP) is 1.72. The Bertz CT molecular complexity index is 1100. The molecular weight excluding hydrogens is 344 g/mol. The first-order chi connectivity index (χ1) is 11.8. The van der Waals surface area contributed by atoms with Crippen LogP contribution in [0.2, 0.25) is 0 Å². The summed E-state index contributed by atoms with van der Waals surface area (Å²) in [5, 5.41) is 0.451. The number of hydrogen-bond donors (Lipinski definition) is 2. The number of benzene rings is 2. The molecule has 0 aliphatic carbocycles. The molecule has 0 aliphatic rings. The number of sulfonamides is 1. The fraction of sp³-hybridized carbons (Fsp3) is 0.0588. The summed E-state index contributed by atoms with van der Waals surface area (Å²) >= 11 is 0. The van der Waals surface area contributed by atoms with Crippen LogP contribution in [-0.4, -0.2) is 14.3 Å². The molecule has 0 atom stereocenters. The molecule has 128 valence electrons. The smallest absolute Gasteiger partial charge is 0.336 e. The fourth-order valence-electron chi connectivity index (χ4n) is 2.17. The number of aryl methyl sites for hydroxylation is 1. The number of hydrogen-bond acceptors (Lipinski definition) is 5. The Labute approximate surface area is 143 Å². The highest BCUT2D eigenvalue weighted by Gasteiger charge is 2.16. The van der Waals surface area contributed by atoms with Gasteiger partial charge < -0.3 is 4.42 Å². The average molecular weight is 358 g/mol. The van der Waals surface area contributed by atoms with Gasteiger partial charge in [-0.15, -0.1) is 4.83 Å². The molecule has 8 heteroatoms. The van der Waals surface area contributed by atoms with Crippen LogP contribution in [0, 0.1) is 6.92 Å². The Morgan fingerprint density at radius 1 is 1.00 bits per heavy atom. The molecule has 0 saturated carbocycles. The van der Waals surface area contributed by atoms with E-state index in [1.165, 1.54) is 30.3 Å². The van der Waals surface area contributed by atoms with Crippen LogP contribution < -0.4 is 15.9 Å². The third-order valence-electron chi connectivity index (χ3n) is 3.51. The molecule has 0 unspecified atom stereocenters. The summed E-state index contributed by atoms with van der Waals surface area (Å²) in [6.07, 6.45) is 0. The van der Waals surface area contributed by atoms with Crippen molar-refractivity contribution in [1.29, 1.82) is 0 Å². The molecule has 0 fully saturated rings. The van der Waals surface area contributed by atoms with Crippen molar-refractivity contribution in [3.8, 4) is 0 Å². The summed E-state index contributed by atoms with van der Waals surface area (Å²) in [5.74, 6) is -0.574. The van der Waals surface area contributed by atoms with Crippen LogP contribution >= 0.6 is 0 Å². The molecule has 3 aromatic rings. The Hall–Kier alpha value is -2.97. The fourth-order valence-corrected chi connectivity index (χ4v) is 3.04. The van der Waals surface area contributed by atoms with E-state index >= 15 is 0 Å². The van der Waals surface area contributed by atoms with Crippen molar-refractivity contribution in [3.05, 3.63) is 76.1 Å². The van der Waals surface area contributed by atoms with Gasteiger partial charge in [-0.05, 0) is 43.3 Å². The van der Waals surface area contributed by atoms with Crippen LogP contribution in [0.25, 0.3) is 11.0 Å². The molecule has 0 bridgehead atoms. The zero-order valence-electron chi connectivity index (χ0n) is 13.1. The molecule has 0 radical (unpaired) electrons. The van der Waals surface area contributed by atoms with Crippen molar-refractivity contribution < 1.29 is 17.6 Å². The van der Waals surface area contributed by atoms with E-state index in [1.807, 2.05) is 11.8 Å². The van der Waals surface area contributed by atoms with Gasteiger partial charge in [0.2, 0.25) is 0 Å². The number of hydrazine groups is 1. The van der Waals surface area contributed by atoms with Gasteiger partial charge in [-0.2, -0.15) is 0 Å². The first-order valence-electron chi connectivity index (χ1n) is 7.28. The van der Waals surface area contributed by atoms with Gasteiger partial charge in [-0.1, -0.05) is 17.7 Å². The second-order valence-electron chi connectivity index (χ2n) is 5.38. The van der Waals surface area contributed by atoms with Crippen LogP contribution in [0.5, 0.6) is 0 Å². The summed E-state index contributed by atoms with van der Waals surface area (Å²) in [6.45, 7) is 1.88. The highest BCUT2D eigenvalue weighted by Crippen LogP contribution is 2.17. The SMILES string of the molecule is Cc1ccc(C(=O)NNS(=O)(=O)c2ccc3oc(=O)ccc3c2)cc1. The molecular formula is C17H14N2O5S. The standard InChI is InChI=1S/C17H14N2O5S/c1-11-2-4-12(5-3-11)17(21)18-19-25(22,23)14-7-8-15-13(10-14)6-9-16(20)24-15/h2-10,19H,1H3,(H,18,21). The maximum absolute atomic E-state index is 12.3. The first kappa shape index (κ1) is 16.9. The summed E-state index contributed by atoms with van der Waals surface area (Å²) in [7, 11) is -3.97. The lowest BCUT2D eigenvalue weighted by Crippen LogP contribution is -2.41. The van der Waals surface area contributed by atoms with Gasteiger partial charge in [0.25, 0.3) is 15.9 Å². The van der Waals surface area contributed by atoms with Crippen molar-refractivity contribution >= 4 is 26.9 Å². The van der Waals surface area contributed by atoms with E-state index in [1.54, 1.807) is 24.3 Å². The second-order valence-corrected chi connectivity index (χ2v) is 7.06. The average Bonchev–Trinajstić information content (AvgIpc) is 2.60. The first-order valence-corrected chi connectivity index (χ1v) is 8.76. The van der Waals surface area contributed by atoms with Gasteiger partial charge in [-0.3, -0.25) is 10.2 Å². The van der Waals surface area contributed by atoms with E-state index < -0.39 is 21.6 Å². The number of carbonyl (C=O) groups excluding carboxylic acids is 1. The molecule has 1 amide bonds. The summed E-state index contributed by atoms with van der Waals surface area (Å²) in [6, 6.07) is 13.4. The van der Waals surface area contributed by atoms with E-state index in [0.717, 1.165) is 5.56 Å². The number of amides is 1. The molecule has 25 heavy (non-hydrogen) atoms. The highest BCUT2D eigenvalue weighted by molar-refractivity contribution is 7.89. The van der Waals surface area contributed by atoms with E-state index in [2.05, 4.69) is 5.43 Å². The van der Waals surface area contributed by atoms with Gasteiger partial charge in [0.05, 0.1) is 4.90 Å². The van der Waals surface area contributed by atoms with Gasteiger partial charge in [-0.25, -0.2) is 13.2 Å². The van der Waals surface area contributed by atoms with E-state index in [4.69, 9.17) is 4.42 Å². The molecule has 1 aromatic heterocycles. The van der Waals surface area contributed by atoms with Crippen LogP contribution in [0.15, 0.2) is 68.7 Å². The van der Waals surface area contributed by atoms with Crippen molar-refractivity contribution in [1.82, 2.24) is 10.3 Å².